The van der Waals surface area contributed by atoms with Crippen molar-refractivity contribution in [3.8, 4) is 0 Å². The Hall–Kier alpha value is 0.0400. The molecule has 0 spiro atoms. The fourth-order valence-electron chi connectivity index (χ4n) is 0.891. The average molecular weight is 294 g/mol. The summed E-state index contributed by atoms with van der Waals surface area (Å²) in [5.74, 6) is 1.47. The lowest BCUT2D eigenvalue weighted by atomic mass is 10.1. The standard InChI is InChI=1S/C8H10Br2N2/c1-5(2)3-8-11-6(9)4-7(10)12-8/h4-5H,3H2,1-2H3. The summed E-state index contributed by atoms with van der Waals surface area (Å²) in [5, 5.41) is 0. The molecule has 66 valence electrons. The van der Waals surface area contributed by atoms with Gasteiger partial charge in [-0.3, -0.25) is 0 Å². The van der Waals surface area contributed by atoms with Crippen molar-refractivity contribution in [1.29, 1.82) is 0 Å². The zero-order valence-corrected chi connectivity index (χ0v) is 10.2. The van der Waals surface area contributed by atoms with E-state index in [1.54, 1.807) is 0 Å². The molecule has 0 unspecified atom stereocenters. The lowest BCUT2D eigenvalue weighted by Gasteiger charge is -2.03. The van der Waals surface area contributed by atoms with Crippen LogP contribution in [0.4, 0.5) is 0 Å². The van der Waals surface area contributed by atoms with E-state index in [1.165, 1.54) is 0 Å². The SMILES string of the molecule is CC(C)Cc1nc(Br)cc(Br)n1. The molecule has 1 aromatic heterocycles. The quantitative estimate of drug-likeness (QED) is 0.783. The highest BCUT2D eigenvalue weighted by Crippen LogP contribution is 2.14. The van der Waals surface area contributed by atoms with Crippen molar-refractivity contribution >= 4 is 31.9 Å². The van der Waals surface area contributed by atoms with Gasteiger partial charge in [0.25, 0.3) is 0 Å². The molecule has 12 heavy (non-hydrogen) atoms. The van der Waals surface area contributed by atoms with Crippen LogP contribution in [0.2, 0.25) is 0 Å². The Morgan fingerprint density at radius 3 is 2.17 bits per heavy atom. The Morgan fingerprint density at radius 1 is 1.25 bits per heavy atom. The zero-order chi connectivity index (χ0) is 9.14. The van der Waals surface area contributed by atoms with Gasteiger partial charge in [0.15, 0.2) is 0 Å². The summed E-state index contributed by atoms with van der Waals surface area (Å²) in [6.07, 6.45) is 0.915. The van der Waals surface area contributed by atoms with Gasteiger partial charge in [-0.2, -0.15) is 0 Å². The normalized spacial score (nSPS) is 10.8. The summed E-state index contributed by atoms with van der Waals surface area (Å²) < 4.78 is 1.67. The Balaban J connectivity index is 2.85. The molecule has 4 heteroatoms. The molecule has 0 bridgehead atoms. The molecule has 2 nitrogen and oxygen atoms in total. The van der Waals surface area contributed by atoms with Crippen LogP contribution in [0.25, 0.3) is 0 Å². The topological polar surface area (TPSA) is 25.8 Å². The van der Waals surface area contributed by atoms with Gasteiger partial charge < -0.3 is 0 Å². The molecule has 0 radical (unpaired) electrons. The molecule has 1 rings (SSSR count). The number of nitrogens with zero attached hydrogens (tertiary/aromatic N) is 2. The first kappa shape index (κ1) is 10.1. The summed E-state index contributed by atoms with van der Waals surface area (Å²) in [7, 11) is 0. The number of rotatable bonds is 2. The van der Waals surface area contributed by atoms with E-state index in [-0.39, 0.29) is 0 Å². The van der Waals surface area contributed by atoms with Crippen molar-refractivity contribution in [2.24, 2.45) is 5.92 Å². The second-order valence-electron chi connectivity index (χ2n) is 3.03. The van der Waals surface area contributed by atoms with E-state index in [2.05, 4.69) is 55.7 Å². The number of hydrogen-bond acceptors (Lipinski definition) is 2. The monoisotopic (exact) mass is 292 g/mol. The van der Waals surface area contributed by atoms with Crippen molar-refractivity contribution in [3.05, 3.63) is 21.1 Å². The minimum absolute atomic E-state index is 0.589. The molecular formula is C8H10Br2N2. The fraction of sp³-hybridized carbons (Fsp3) is 0.500. The molecule has 0 N–H and O–H groups in total. The van der Waals surface area contributed by atoms with E-state index in [0.29, 0.717) is 5.92 Å². The smallest absolute Gasteiger partial charge is 0.131 e. The molecule has 0 fully saturated rings. The van der Waals surface area contributed by atoms with Gasteiger partial charge in [-0.1, -0.05) is 13.8 Å². The van der Waals surface area contributed by atoms with Crippen LogP contribution in [-0.2, 0) is 6.42 Å². The van der Waals surface area contributed by atoms with E-state index in [1.807, 2.05) is 6.07 Å². The van der Waals surface area contributed by atoms with Crippen LogP contribution in [0.1, 0.15) is 19.7 Å². The summed E-state index contributed by atoms with van der Waals surface area (Å²) in [5.41, 5.74) is 0. The molecule has 0 saturated carbocycles. The summed E-state index contributed by atoms with van der Waals surface area (Å²) in [6.45, 7) is 4.30. The van der Waals surface area contributed by atoms with Gasteiger partial charge in [-0.05, 0) is 37.8 Å². The molecule has 0 saturated heterocycles. The van der Waals surface area contributed by atoms with Crippen molar-refractivity contribution in [2.45, 2.75) is 20.3 Å². The average Bonchev–Trinajstić information content (AvgIpc) is 1.81. The minimum Gasteiger partial charge on any atom is -0.226 e. The summed E-state index contributed by atoms with van der Waals surface area (Å²) in [6, 6.07) is 1.84. The van der Waals surface area contributed by atoms with E-state index in [4.69, 9.17) is 0 Å². The summed E-state index contributed by atoms with van der Waals surface area (Å²) in [4.78, 5) is 8.50. The Bertz CT molecular complexity index is 254. The maximum Gasteiger partial charge on any atom is 0.131 e. The van der Waals surface area contributed by atoms with Crippen molar-refractivity contribution in [3.63, 3.8) is 0 Å². The molecule has 0 aliphatic carbocycles. The van der Waals surface area contributed by atoms with Crippen molar-refractivity contribution in [1.82, 2.24) is 9.97 Å². The molecule has 1 aromatic rings. The van der Waals surface area contributed by atoms with E-state index < -0.39 is 0 Å². The summed E-state index contributed by atoms with van der Waals surface area (Å²) >= 11 is 6.64. The van der Waals surface area contributed by atoms with Crippen molar-refractivity contribution in [2.75, 3.05) is 0 Å². The lowest BCUT2D eigenvalue weighted by molar-refractivity contribution is 0.618. The minimum atomic E-state index is 0.589. The van der Waals surface area contributed by atoms with Crippen LogP contribution < -0.4 is 0 Å². The van der Waals surface area contributed by atoms with Crippen LogP contribution in [0.5, 0.6) is 0 Å². The van der Waals surface area contributed by atoms with Crippen molar-refractivity contribution < 1.29 is 0 Å². The predicted octanol–water partition coefficient (Wildman–Crippen LogP) is 3.20. The fourth-order valence-corrected chi connectivity index (χ4v) is 2.04. The zero-order valence-electron chi connectivity index (χ0n) is 7.01. The molecule has 0 aliphatic heterocycles. The van der Waals surface area contributed by atoms with Crippen LogP contribution in [0.15, 0.2) is 15.3 Å². The van der Waals surface area contributed by atoms with Gasteiger partial charge in [0.1, 0.15) is 15.0 Å². The highest BCUT2D eigenvalue weighted by atomic mass is 79.9. The third kappa shape index (κ3) is 3.19. The Kier molecular flexibility index (Phi) is 3.65. The maximum atomic E-state index is 4.25. The Labute approximate surface area is 89.1 Å². The third-order valence-corrected chi connectivity index (χ3v) is 2.11. The number of aromatic nitrogens is 2. The predicted molar refractivity (Wildman–Crippen MR) is 56.0 cm³/mol. The number of hydrogen-bond donors (Lipinski definition) is 0. The highest BCUT2D eigenvalue weighted by molar-refractivity contribution is 9.11. The number of halogens is 2. The van der Waals surface area contributed by atoms with E-state index in [0.717, 1.165) is 21.5 Å². The molecule has 0 aromatic carbocycles. The van der Waals surface area contributed by atoms with Gasteiger partial charge in [0, 0.05) is 12.5 Å². The second-order valence-corrected chi connectivity index (χ2v) is 4.65. The second kappa shape index (κ2) is 4.33. The van der Waals surface area contributed by atoms with Crippen LogP contribution in [-0.4, -0.2) is 9.97 Å². The van der Waals surface area contributed by atoms with E-state index >= 15 is 0 Å². The van der Waals surface area contributed by atoms with Gasteiger partial charge in [0.05, 0.1) is 0 Å². The molecule has 1 heterocycles. The largest absolute Gasteiger partial charge is 0.226 e. The molecule has 0 amide bonds. The van der Waals surface area contributed by atoms with Crippen LogP contribution >= 0.6 is 31.9 Å². The molecular weight excluding hydrogens is 284 g/mol. The van der Waals surface area contributed by atoms with E-state index in [9.17, 15) is 0 Å². The molecule has 0 atom stereocenters. The molecule has 0 aliphatic rings. The van der Waals surface area contributed by atoms with Gasteiger partial charge in [0.2, 0.25) is 0 Å². The lowest BCUT2D eigenvalue weighted by Crippen LogP contribution is -2.00. The first-order valence-electron chi connectivity index (χ1n) is 3.77. The third-order valence-electron chi connectivity index (χ3n) is 1.30. The Morgan fingerprint density at radius 2 is 1.75 bits per heavy atom. The van der Waals surface area contributed by atoms with Crippen LogP contribution in [0, 0.1) is 5.92 Å². The van der Waals surface area contributed by atoms with Gasteiger partial charge in [-0.15, -0.1) is 0 Å². The van der Waals surface area contributed by atoms with Gasteiger partial charge >= 0.3 is 0 Å². The first-order chi connectivity index (χ1) is 5.58. The van der Waals surface area contributed by atoms with Gasteiger partial charge in [-0.25, -0.2) is 9.97 Å². The highest BCUT2D eigenvalue weighted by Gasteiger charge is 2.03. The first-order valence-corrected chi connectivity index (χ1v) is 5.35. The van der Waals surface area contributed by atoms with Crippen LogP contribution in [0.3, 0.4) is 0 Å². The maximum absolute atomic E-state index is 4.25.